The molecular formula is C27H32N4O5. The van der Waals surface area contributed by atoms with Gasteiger partial charge in [-0.2, -0.15) is 0 Å². The number of amides is 1. The highest BCUT2D eigenvalue weighted by atomic mass is 16.5. The zero-order valence-electron chi connectivity index (χ0n) is 21.3. The van der Waals surface area contributed by atoms with Gasteiger partial charge in [0, 0.05) is 42.9 Å². The van der Waals surface area contributed by atoms with Crippen molar-refractivity contribution in [3.05, 3.63) is 53.9 Å². The maximum Gasteiger partial charge on any atom is 0.227 e. The second-order valence-electron chi connectivity index (χ2n) is 8.68. The Bertz CT molecular complexity index is 1200. The fourth-order valence-corrected chi connectivity index (χ4v) is 4.27. The summed E-state index contributed by atoms with van der Waals surface area (Å²) in [6.07, 6.45) is 2.92. The van der Waals surface area contributed by atoms with E-state index < -0.39 is 0 Å². The van der Waals surface area contributed by atoms with Gasteiger partial charge >= 0.3 is 0 Å². The van der Waals surface area contributed by atoms with Gasteiger partial charge in [-0.15, -0.1) is 0 Å². The van der Waals surface area contributed by atoms with E-state index in [2.05, 4.69) is 33.2 Å². The molecule has 1 N–H and O–H groups in total. The van der Waals surface area contributed by atoms with Gasteiger partial charge in [0.15, 0.2) is 11.5 Å². The predicted octanol–water partition coefficient (Wildman–Crippen LogP) is 4.77. The van der Waals surface area contributed by atoms with Crippen LogP contribution >= 0.6 is 0 Å². The largest absolute Gasteiger partial charge is 0.493 e. The van der Waals surface area contributed by atoms with Crippen molar-refractivity contribution in [1.29, 1.82) is 0 Å². The zero-order chi connectivity index (χ0) is 25.7. The Kier molecular flexibility index (Phi) is 7.77. The maximum absolute atomic E-state index is 13.0. The molecule has 1 saturated heterocycles. The number of carbonyl (C=O) groups excluding carboxylic acids is 1. The first-order valence-electron chi connectivity index (χ1n) is 11.9. The first-order valence-corrected chi connectivity index (χ1v) is 11.9. The Labute approximate surface area is 211 Å². The molecule has 0 atom stereocenters. The summed E-state index contributed by atoms with van der Waals surface area (Å²) in [7, 11) is 4.64. The number of hydrogen-bond acceptors (Lipinski definition) is 8. The average Bonchev–Trinajstić information content (AvgIpc) is 2.91. The molecule has 0 unspecified atom stereocenters. The van der Waals surface area contributed by atoms with Crippen molar-refractivity contribution >= 4 is 17.4 Å². The Morgan fingerprint density at radius 1 is 0.944 bits per heavy atom. The Balaban J connectivity index is 1.38. The number of carbonyl (C=O) groups is 1. The SMILES string of the molecule is COc1cc(NC(=O)C2CCN(c3cc(Oc4cccc(C)c4C)ncn3)CC2)cc(OC)c1OC. The van der Waals surface area contributed by atoms with Gasteiger partial charge in [-0.1, -0.05) is 12.1 Å². The van der Waals surface area contributed by atoms with Crippen LogP contribution < -0.4 is 29.2 Å². The molecule has 0 spiro atoms. The third-order valence-electron chi connectivity index (χ3n) is 6.52. The minimum Gasteiger partial charge on any atom is -0.493 e. The number of aromatic nitrogens is 2. The van der Waals surface area contributed by atoms with Crippen LogP contribution in [-0.4, -0.2) is 50.3 Å². The predicted molar refractivity (Wildman–Crippen MR) is 138 cm³/mol. The minimum absolute atomic E-state index is 0.0365. The first kappa shape index (κ1) is 25.1. The van der Waals surface area contributed by atoms with Crippen molar-refractivity contribution < 1.29 is 23.7 Å². The molecule has 190 valence electrons. The molecule has 1 aliphatic heterocycles. The van der Waals surface area contributed by atoms with Gasteiger partial charge in [-0.25, -0.2) is 9.97 Å². The van der Waals surface area contributed by atoms with E-state index in [1.807, 2.05) is 25.1 Å². The smallest absolute Gasteiger partial charge is 0.227 e. The topological polar surface area (TPSA) is 95.0 Å². The van der Waals surface area contributed by atoms with Crippen molar-refractivity contribution in [3.63, 3.8) is 0 Å². The number of benzene rings is 2. The van der Waals surface area contributed by atoms with Crippen molar-refractivity contribution in [2.45, 2.75) is 26.7 Å². The highest BCUT2D eigenvalue weighted by Crippen LogP contribution is 2.40. The van der Waals surface area contributed by atoms with Crippen LogP contribution in [0, 0.1) is 19.8 Å². The van der Waals surface area contributed by atoms with Crippen LogP contribution in [0.25, 0.3) is 0 Å². The number of piperidine rings is 1. The van der Waals surface area contributed by atoms with E-state index in [1.165, 1.54) is 6.33 Å². The van der Waals surface area contributed by atoms with Crippen LogP contribution in [0.2, 0.25) is 0 Å². The molecule has 36 heavy (non-hydrogen) atoms. The van der Waals surface area contributed by atoms with Crippen LogP contribution in [0.15, 0.2) is 42.7 Å². The van der Waals surface area contributed by atoms with Gasteiger partial charge in [-0.05, 0) is 43.9 Å². The molecule has 0 aliphatic carbocycles. The summed E-state index contributed by atoms with van der Waals surface area (Å²) in [6.45, 7) is 5.48. The van der Waals surface area contributed by atoms with Crippen LogP contribution in [0.5, 0.6) is 28.9 Å². The summed E-state index contributed by atoms with van der Waals surface area (Å²) in [4.78, 5) is 23.9. The summed E-state index contributed by atoms with van der Waals surface area (Å²) in [6, 6.07) is 11.3. The van der Waals surface area contributed by atoms with Crippen LogP contribution in [-0.2, 0) is 4.79 Å². The second-order valence-corrected chi connectivity index (χ2v) is 8.68. The van der Waals surface area contributed by atoms with Crippen LogP contribution in [0.4, 0.5) is 11.5 Å². The molecule has 0 saturated carbocycles. The van der Waals surface area contributed by atoms with E-state index >= 15 is 0 Å². The number of hydrogen-bond donors (Lipinski definition) is 1. The molecule has 9 heteroatoms. The highest BCUT2D eigenvalue weighted by molar-refractivity contribution is 5.93. The lowest BCUT2D eigenvalue weighted by molar-refractivity contribution is -0.120. The standard InChI is InChI=1S/C27H32N4O5/c1-17-7-6-8-21(18(17)2)36-25-15-24(28-16-29-25)31-11-9-19(10-12-31)27(32)30-20-13-22(33-3)26(35-5)23(14-20)34-4/h6-8,13-16,19H,9-12H2,1-5H3,(H,30,32). The summed E-state index contributed by atoms with van der Waals surface area (Å²) >= 11 is 0. The number of nitrogens with zero attached hydrogens (tertiary/aromatic N) is 3. The molecule has 2 heterocycles. The van der Waals surface area contributed by atoms with Crippen molar-refractivity contribution in [2.24, 2.45) is 5.92 Å². The third kappa shape index (κ3) is 5.45. The van der Waals surface area contributed by atoms with Crippen molar-refractivity contribution in [3.8, 4) is 28.9 Å². The van der Waals surface area contributed by atoms with E-state index in [9.17, 15) is 4.79 Å². The molecule has 2 aromatic carbocycles. The second kappa shape index (κ2) is 11.2. The van der Waals surface area contributed by atoms with Crippen LogP contribution in [0.3, 0.4) is 0 Å². The minimum atomic E-state index is -0.118. The van der Waals surface area contributed by atoms with Gasteiger partial charge in [0.25, 0.3) is 0 Å². The lowest BCUT2D eigenvalue weighted by atomic mass is 9.95. The monoisotopic (exact) mass is 492 g/mol. The molecule has 1 aliphatic rings. The van der Waals surface area contributed by atoms with Crippen molar-refractivity contribution in [2.75, 3.05) is 44.6 Å². The Hall–Kier alpha value is -4.01. The van der Waals surface area contributed by atoms with E-state index in [-0.39, 0.29) is 11.8 Å². The lowest BCUT2D eigenvalue weighted by Gasteiger charge is -2.32. The molecule has 9 nitrogen and oxygen atoms in total. The third-order valence-corrected chi connectivity index (χ3v) is 6.52. The molecule has 1 aromatic heterocycles. The van der Waals surface area contributed by atoms with Gasteiger partial charge in [0.1, 0.15) is 17.9 Å². The lowest BCUT2D eigenvalue weighted by Crippen LogP contribution is -2.38. The first-order chi connectivity index (χ1) is 17.4. The number of methoxy groups -OCH3 is 3. The molecular weight excluding hydrogens is 460 g/mol. The van der Waals surface area contributed by atoms with Gasteiger partial charge in [-0.3, -0.25) is 4.79 Å². The maximum atomic E-state index is 13.0. The fourth-order valence-electron chi connectivity index (χ4n) is 4.27. The van der Waals surface area contributed by atoms with Crippen molar-refractivity contribution in [1.82, 2.24) is 9.97 Å². The van der Waals surface area contributed by atoms with E-state index in [1.54, 1.807) is 33.5 Å². The molecule has 0 radical (unpaired) electrons. The van der Waals surface area contributed by atoms with E-state index in [0.29, 0.717) is 54.7 Å². The summed E-state index contributed by atoms with van der Waals surface area (Å²) < 4.78 is 22.2. The van der Waals surface area contributed by atoms with Gasteiger partial charge in [0.05, 0.1) is 21.3 Å². The van der Waals surface area contributed by atoms with Crippen LogP contribution in [0.1, 0.15) is 24.0 Å². The number of rotatable bonds is 8. The zero-order valence-corrected chi connectivity index (χ0v) is 21.3. The van der Waals surface area contributed by atoms with Gasteiger partial charge < -0.3 is 29.2 Å². The highest BCUT2D eigenvalue weighted by Gasteiger charge is 2.27. The molecule has 1 amide bonds. The summed E-state index contributed by atoms with van der Waals surface area (Å²) in [5, 5.41) is 2.99. The molecule has 1 fully saturated rings. The number of ether oxygens (including phenoxy) is 4. The molecule has 3 aromatic rings. The average molecular weight is 493 g/mol. The Morgan fingerprint density at radius 2 is 1.64 bits per heavy atom. The quantitative estimate of drug-likeness (QED) is 0.481. The number of nitrogens with one attached hydrogen (secondary N) is 1. The summed E-state index contributed by atoms with van der Waals surface area (Å²) in [5.74, 6) is 3.37. The molecule has 0 bridgehead atoms. The normalized spacial score (nSPS) is 13.8. The molecule has 4 rings (SSSR count). The summed E-state index contributed by atoms with van der Waals surface area (Å²) in [5.41, 5.74) is 2.84. The van der Waals surface area contributed by atoms with E-state index in [4.69, 9.17) is 18.9 Å². The van der Waals surface area contributed by atoms with Gasteiger partial charge in [0.2, 0.25) is 17.5 Å². The number of aryl methyl sites for hydroxylation is 1. The van der Waals surface area contributed by atoms with E-state index in [0.717, 1.165) is 22.7 Å². The Morgan fingerprint density at radius 3 is 2.28 bits per heavy atom. The number of anilines is 2. The fraction of sp³-hybridized carbons (Fsp3) is 0.370.